The number of aromatic nitrogens is 1. The van der Waals surface area contributed by atoms with Gasteiger partial charge in [-0.25, -0.2) is 0 Å². The van der Waals surface area contributed by atoms with Crippen LogP contribution in [0.3, 0.4) is 0 Å². The number of hydrogen-bond acceptors (Lipinski definition) is 3. The zero-order valence-electron chi connectivity index (χ0n) is 41.4. The van der Waals surface area contributed by atoms with E-state index in [2.05, 4.69) is 217 Å². The van der Waals surface area contributed by atoms with Crippen molar-refractivity contribution in [3.05, 3.63) is 161 Å². The van der Waals surface area contributed by atoms with E-state index in [1.165, 1.54) is 114 Å². The molecular weight excluding hydrogens is 826 g/mol. The van der Waals surface area contributed by atoms with Gasteiger partial charge in [0.15, 0.2) is 5.58 Å². The molecule has 2 aromatic heterocycles. The number of para-hydroxylation sites is 3. The van der Waals surface area contributed by atoms with Crippen LogP contribution < -0.4 is 26.2 Å². The fourth-order valence-electron chi connectivity index (χ4n) is 14.3. The molecule has 14 rings (SSSR count). The SMILES string of the molecule is CC(C)(C)c1cc2c3c(c1)-n1c4c(c5cccc(c51)B3c1ccc(N3c5ccc(C(C)(C)C)cc5C5(C)CCCCC35C)cc1N2c1cccc2c1oc1ccccc12)C(C)(C)c1ccccc1-4. The average molecular weight is 886 g/mol. The summed E-state index contributed by atoms with van der Waals surface area (Å²) in [4.78, 5) is 5.39. The molecule has 1 saturated carbocycles. The van der Waals surface area contributed by atoms with Gasteiger partial charge in [-0.05, 0) is 117 Å². The lowest BCUT2D eigenvalue weighted by Crippen LogP contribution is -2.60. The average Bonchev–Trinajstić information content (AvgIpc) is 4.00. The van der Waals surface area contributed by atoms with Crippen LogP contribution in [-0.2, 0) is 21.7 Å². The monoisotopic (exact) mass is 885 g/mol. The molecule has 2 aliphatic carbocycles. The van der Waals surface area contributed by atoms with Crippen molar-refractivity contribution in [3.63, 3.8) is 0 Å². The lowest BCUT2D eigenvalue weighted by molar-refractivity contribution is 0.195. The smallest absolute Gasteiger partial charge is 0.252 e. The summed E-state index contributed by atoms with van der Waals surface area (Å²) in [6, 6.07) is 51.8. The molecule has 4 nitrogen and oxygen atoms in total. The zero-order valence-corrected chi connectivity index (χ0v) is 41.4. The summed E-state index contributed by atoms with van der Waals surface area (Å²) in [6.07, 6.45) is 4.83. The topological polar surface area (TPSA) is 24.6 Å². The van der Waals surface area contributed by atoms with Gasteiger partial charge in [0.05, 0.1) is 16.9 Å². The van der Waals surface area contributed by atoms with Crippen LogP contribution in [0, 0.1) is 0 Å². The molecule has 7 aromatic carbocycles. The molecule has 5 aliphatic rings. The van der Waals surface area contributed by atoms with Crippen molar-refractivity contribution in [2.24, 2.45) is 0 Å². The highest BCUT2D eigenvalue weighted by Crippen LogP contribution is 2.62. The van der Waals surface area contributed by atoms with Crippen molar-refractivity contribution in [3.8, 4) is 16.9 Å². The minimum Gasteiger partial charge on any atom is -0.454 e. The van der Waals surface area contributed by atoms with Crippen LogP contribution in [0.2, 0.25) is 0 Å². The number of nitrogens with zero attached hydrogens (tertiary/aromatic N) is 3. The van der Waals surface area contributed by atoms with Gasteiger partial charge >= 0.3 is 0 Å². The first-order valence-electron chi connectivity index (χ1n) is 25.3. The molecule has 0 amide bonds. The second-order valence-corrected chi connectivity index (χ2v) is 24.0. The van der Waals surface area contributed by atoms with Crippen molar-refractivity contribution in [1.29, 1.82) is 0 Å². The Kier molecular flexibility index (Phi) is 7.76. The molecule has 2 unspecified atom stereocenters. The number of furan rings is 1. The summed E-state index contributed by atoms with van der Waals surface area (Å²) in [5, 5.41) is 3.65. The molecule has 5 heteroatoms. The normalized spacial score (nSPS) is 20.7. The van der Waals surface area contributed by atoms with E-state index in [1.54, 1.807) is 0 Å². The van der Waals surface area contributed by atoms with E-state index in [-0.39, 0.29) is 33.9 Å². The van der Waals surface area contributed by atoms with Crippen LogP contribution in [0.1, 0.15) is 123 Å². The Morgan fingerprint density at radius 2 is 1.28 bits per heavy atom. The van der Waals surface area contributed by atoms with Crippen LogP contribution in [0.25, 0.3) is 49.8 Å². The lowest BCUT2D eigenvalue weighted by Gasteiger charge is -2.50. The van der Waals surface area contributed by atoms with E-state index in [4.69, 9.17) is 4.42 Å². The molecule has 0 radical (unpaired) electrons. The molecular formula is C63H60BN3O. The van der Waals surface area contributed by atoms with Crippen molar-refractivity contribution >= 4 is 84.4 Å². The molecule has 9 aromatic rings. The van der Waals surface area contributed by atoms with Crippen LogP contribution in [0.4, 0.5) is 28.4 Å². The third-order valence-electron chi connectivity index (χ3n) is 18.0. The third-order valence-corrected chi connectivity index (χ3v) is 18.0. The standard InChI is InChI=1S/C63H60BN3O/c1-59(2,3)37-27-30-48-45(33-37)62(9)31-15-16-32-63(62,10)67(48)39-28-29-46-50(36-39)65(49-25-18-21-41-40-19-12-14-26-53(40)68-58(41)49)51-34-38(60(4,5)6)35-52-55(51)64(46)47-24-17-22-43-54-57(66(52)56(43)47)42-20-11-13-23-44(42)61(54,7)8/h11-14,17-30,33-36H,15-16,31-32H2,1-10H3. The first-order valence-corrected chi connectivity index (χ1v) is 25.3. The van der Waals surface area contributed by atoms with E-state index in [0.717, 1.165) is 34.0 Å². The fraction of sp³-hybridized carbons (Fsp3) is 0.302. The Hall–Kier alpha value is -6.46. The second kappa shape index (κ2) is 13.0. The van der Waals surface area contributed by atoms with Gasteiger partial charge in [0.1, 0.15) is 5.58 Å². The van der Waals surface area contributed by atoms with E-state index in [0.29, 0.717) is 0 Å². The van der Waals surface area contributed by atoms with Crippen molar-refractivity contribution in [2.75, 3.05) is 9.80 Å². The van der Waals surface area contributed by atoms with Crippen LogP contribution in [-0.4, -0.2) is 16.8 Å². The van der Waals surface area contributed by atoms with Gasteiger partial charge in [0, 0.05) is 66.5 Å². The van der Waals surface area contributed by atoms with Gasteiger partial charge in [0.25, 0.3) is 6.71 Å². The molecule has 0 N–H and O–H groups in total. The summed E-state index contributed by atoms with van der Waals surface area (Å²) in [5.74, 6) is 0. The maximum Gasteiger partial charge on any atom is 0.252 e. The predicted molar refractivity (Wildman–Crippen MR) is 288 cm³/mol. The molecule has 2 atom stereocenters. The van der Waals surface area contributed by atoms with Gasteiger partial charge in [-0.1, -0.05) is 166 Å². The number of benzene rings is 7. The summed E-state index contributed by atoms with van der Waals surface area (Å²) in [7, 11) is 0. The molecule has 0 bridgehead atoms. The van der Waals surface area contributed by atoms with Crippen LogP contribution >= 0.6 is 0 Å². The van der Waals surface area contributed by atoms with Crippen LogP contribution in [0.15, 0.2) is 138 Å². The quantitative estimate of drug-likeness (QED) is 0.162. The largest absolute Gasteiger partial charge is 0.454 e. The Morgan fingerprint density at radius 3 is 2.10 bits per heavy atom. The van der Waals surface area contributed by atoms with E-state index < -0.39 is 0 Å². The maximum absolute atomic E-state index is 7.03. The predicted octanol–water partition coefficient (Wildman–Crippen LogP) is 14.8. The molecule has 5 heterocycles. The number of hydrogen-bond donors (Lipinski definition) is 0. The summed E-state index contributed by atoms with van der Waals surface area (Å²) >= 11 is 0. The summed E-state index contributed by atoms with van der Waals surface area (Å²) in [6.45, 7) is 24.2. The highest BCUT2D eigenvalue weighted by molar-refractivity contribution is 7.00. The number of rotatable bonds is 2. The minimum absolute atomic E-state index is 0.0115. The van der Waals surface area contributed by atoms with Crippen molar-refractivity contribution < 1.29 is 4.42 Å². The van der Waals surface area contributed by atoms with Crippen molar-refractivity contribution in [1.82, 2.24) is 4.57 Å². The van der Waals surface area contributed by atoms with Gasteiger partial charge in [0.2, 0.25) is 0 Å². The molecule has 0 saturated heterocycles. The van der Waals surface area contributed by atoms with E-state index in [9.17, 15) is 0 Å². The number of anilines is 5. The molecule has 1 fully saturated rings. The van der Waals surface area contributed by atoms with Gasteiger partial charge < -0.3 is 18.8 Å². The van der Waals surface area contributed by atoms with Gasteiger partial charge in [-0.15, -0.1) is 0 Å². The second-order valence-electron chi connectivity index (χ2n) is 24.0. The highest BCUT2D eigenvalue weighted by atomic mass is 16.3. The van der Waals surface area contributed by atoms with E-state index >= 15 is 0 Å². The molecule has 336 valence electrons. The Balaban J connectivity index is 1.11. The van der Waals surface area contributed by atoms with Gasteiger partial charge in [-0.2, -0.15) is 0 Å². The first-order chi connectivity index (χ1) is 32.5. The zero-order chi connectivity index (χ0) is 46.6. The first kappa shape index (κ1) is 40.6. The van der Waals surface area contributed by atoms with Crippen molar-refractivity contribution in [2.45, 2.75) is 122 Å². The molecule has 0 spiro atoms. The van der Waals surface area contributed by atoms with Gasteiger partial charge in [-0.3, -0.25) is 0 Å². The highest BCUT2D eigenvalue weighted by Gasteiger charge is 2.58. The third kappa shape index (κ3) is 4.93. The maximum atomic E-state index is 7.03. The number of fused-ring (bicyclic) bond motifs is 15. The lowest BCUT2D eigenvalue weighted by atomic mass is 9.33. The molecule has 68 heavy (non-hydrogen) atoms. The van der Waals surface area contributed by atoms with Crippen LogP contribution in [0.5, 0.6) is 0 Å². The summed E-state index contributed by atoms with van der Waals surface area (Å²) in [5.41, 5.74) is 24.2. The fourth-order valence-corrected chi connectivity index (χ4v) is 14.3. The van der Waals surface area contributed by atoms with E-state index in [1.807, 2.05) is 0 Å². The molecule has 3 aliphatic heterocycles. The summed E-state index contributed by atoms with van der Waals surface area (Å²) < 4.78 is 9.72. The Bertz CT molecular complexity index is 3700. The Morgan fingerprint density at radius 1 is 0.559 bits per heavy atom. The Labute approximate surface area is 401 Å². The minimum atomic E-state index is -0.155.